The molecule has 2 nitrogen and oxygen atoms in total. The molecule has 0 N–H and O–H groups in total. The Morgan fingerprint density at radius 3 is 2.11 bits per heavy atom. The molecule has 0 radical (unpaired) electrons. The zero-order chi connectivity index (χ0) is 26.2. The fourth-order valence-corrected chi connectivity index (χ4v) is 6.11. The Morgan fingerprint density at radius 2 is 1.35 bits per heavy atom. The van der Waals surface area contributed by atoms with E-state index in [-0.39, 0.29) is 10.8 Å². The van der Waals surface area contributed by atoms with Crippen molar-refractivity contribution in [3.63, 3.8) is 0 Å². The molecule has 5 rings (SSSR count). The fourth-order valence-electron chi connectivity index (χ4n) is 6.11. The van der Waals surface area contributed by atoms with Crippen molar-refractivity contribution in [3.05, 3.63) is 132 Å². The minimum Gasteiger partial charge on any atom is -0.347 e. The Morgan fingerprint density at radius 1 is 0.703 bits per heavy atom. The molecule has 0 aromatic heterocycles. The van der Waals surface area contributed by atoms with E-state index in [1.54, 1.807) is 0 Å². The van der Waals surface area contributed by atoms with Gasteiger partial charge in [0.1, 0.15) is 7.05 Å². The molecular formula is C35H37N2+. The average Bonchev–Trinajstić information content (AvgIpc) is 3.21. The van der Waals surface area contributed by atoms with Crippen molar-refractivity contribution in [1.82, 2.24) is 0 Å². The van der Waals surface area contributed by atoms with Gasteiger partial charge in [0.05, 0.1) is 5.41 Å². The minimum absolute atomic E-state index is 0.00881. The maximum Gasteiger partial charge on any atom is 0.209 e. The van der Waals surface area contributed by atoms with E-state index in [1.165, 1.54) is 44.7 Å². The van der Waals surface area contributed by atoms with Gasteiger partial charge in [-0.25, -0.2) is 0 Å². The van der Waals surface area contributed by atoms with Crippen LogP contribution in [0.3, 0.4) is 0 Å². The van der Waals surface area contributed by atoms with Crippen molar-refractivity contribution in [3.8, 4) is 0 Å². The van der Waals surface area contributed by atoms with E-state index >= 15 is 0 Å². The molecule has 37 heavy (non-hydrogen) atoms. The highest BCUT2D eigenvalue weighted by Gasteiger charge is 2.42. The molecule has 0 saturated heterocycles. The van der Waals surface area contributed by atoms with Crippen molar-refractivity contribution >= 4 is 27.9 Å². The number of rotatable bonds is 5. The van der Waals surface area contributed by atoms with Gasteiger partial charge in [-0.05, 0) is 42.3 Å². The van der Waals surface area contributed by atoms with Crippen LogP contribution in [0.25, 0.3) is 10.8 Å². The smallest absolute Gasteiger partial charge is 0.209 e. The highest BCUT2D eigenvalue weighted by atomic mass is 15.2. The lowest BCUT2D eigenvalue weighted by molar-refractivity contribution is -0.401. The number of para-hydroxylation sites is 1. The first-order chi connectivity index (χ1) is 17.7. The molecule has 2 aliphatic rings. The molecule has 3 aromatic rings. The van der Waals surface area contributed by atoms with E-state index in [2.05, 4.69) is 167 Å². The number of hydrogen-bond donors (Lipinski definition) is 0. The lowest BCUT2D eigenvalue weighted by atomic mass is 9.81. The highest BCUT2D eigenvalue weighted by Crippen LogP contribution is 2.49. The largest absolute Gasteiger partial charge is 0.347 e. The Hall–Kier alpha value is -3.91. The monoisotopic (exact) mass is 485 g/mol. The van der Waals surface area contributed by atoms with Crippen LogP contribution in [-0.4, -0.2) is 24.4 Å². The second-order valence-corrected chi connectivity index (χ2v) is 11.0. The molecule has 0 amide bonds. The summed E-state index contributed by atoms with van der Waals surface area (Å²) >= 11 is 0. The third-order valence-electron chi connectivity index (χ3n) is 8.01. The molecular weight excluding hydrogens is 448 g/mol. The van der Waals surface area contributed by atoms with E-state index in [4.69, 9.17) is 0 Å². The number of nitrogens with zero attached hydrogens (tertiary/aromatic N) is 2. The van der Waals surface area contributed by atoms with Crippen LogP contribution in [0.2, 0.25) is 0 Å². The molecule has 2 heteroatoms. The maximum atomic E-state index is 2.33. The molecule has 3 aromatic carbocycles. The summed E-state index contributed by atoms with van der Waals surface area (Å²) in [7, 11) is 4.33. The third-order valence-corrected chi connectivity index (χ3v) is 8.01. The number of anilines is 1. The number of fused-ring (bicyclic) bond motifs is 4. The first-order valence-corrected chi connectivity index (χ1v) is 13.1. The Bertz CT molecular complexity index is 1540. The second kappa shape index (κ2) is 9.52. The molecule has 2 aliphatic heterocycles. The second-order valence-electron chi connectivity index (χ2n) is 11.0. The topological polar surface area (TPSA) is 6.25 Å². The molecule has 0 saturated carbocycles. The van der Waals surface area contributed by atoms with Gasteiger partial charge in [-0.3, -0.25) is 0 Å². The van der Waals surface area contributed by atoms with Gasteiger partial charge in [0.25, 0.3) is 0 Å². The number of benzene rings is 3. The van der Waals surface area contributed by atoms with Gasteiger partial charge >= 0.3 is 0 Å². The Kier molecular flexibility index (Phi) is 6.37. The van der Waals surface area contributed by atoms with Crippen molar-refractivity contribution < 1.29 is 4.58 Å². The normalized spacial score (nSPS) is 19.5. The summed E-state index contributed by atoms with van der Waals surface area (Å²) < 4.78 is 2.30. The van der Waals surface area contributed by atoms with Gasteiger partial charge in [0.2, 0.25) is 5.69 Å². The molecule has 0 unspecified atom stereocenters. The van der Waals surface area contributed by atoms with Crippen molar-refractivity contribution in [1.29, 1.82) is 0 Å². The van der Waals surface area contributed by atoms with Crippen LogP contribution in [0.1, 0.15) is 38.8 Å². The van der Waals surface area contributed by atoms with Gasteiger partial charge < -0.3 is 4.90 Å². The van der Waals surface area contributed by atoms with Crippen LogP contribution >= 0.6 is 0 Å². The molecule has 2 heterocycles. The summed E-state index contributed by atoms with van der Waals surface area (Å²) in [6, 6.07) is 21.8. The van der Waals surface area contributed by atoms with Gasteiger partial charge in [-0.2, -0.15) is 4.58 Å². The lowest BCUT2D eigenvalue weighted by Gasteiger charge is -2.24. The molecule has 0 spiro atoms. The maximum absolute atomic E-state index is 2.33. The SMILES string of the molecule is CN1/C(=C/C=C/C=C/C=C/C=C/C2=[N+](C)c3ccccc3C2(C)C)C(C)(C)c2c1ccc1ccccc21. The van der Waals surface area contributed by atoms with Crippen LogP contribution in [0.4, 0.5) is 11.4 Å². The van der Waals surface area contributed by atoms with Crippen LogP contribution in [-0.2, 0) is 10.8 Å². The zero-order valence-electron chi connectivity index (χ0n) is 22.9. The van der Waals surface area contributed by atoms with Crippen LogP contribution in [0.15, 0.2) is 121 Å². The van der Waals surface area contributed by atoms with E-state index in [0.717, 1.165) is 0 Å². The molecule has 0 aliphatic carbocycles. The van der Waals surface area contributed by atoms with Crippen LogP contribution in [0, 0.1) is 0 Å². The lowest BCUT2D eigenvalue weighted by Crippen LogP contribution is -2.26. The summed E-state index contributed by atoms with van der Waals surface area (Å²) in [6.07, 6.45) is 19.2. The summed E-state index contributed by atoms with van der Waals surface area (Å²) in [5.41, 5.74) is 7.96. The Balaban J connectivity index is 1.26. The first-order valence-electron chi connectivity index (χ1n) is 13.1. The quantitative estimate of drug-likeness (QED) is 0.260. The fraction of sp³-hybridized carbons (Fsp3) is 0.229. The average molecular weight is 486 g/mol. The van der Waals surface area contributed by atoms with Crippen LogP contribution in [0.5, 0.6) is 0 Å². The predicted octanol–water partition coefficient (Wildman–Crippen LogP) is 8.38. The molecule has 186 valence electrons. The van der Waals surface area contributed by atoms with Gasteiger partial charge in [0, 0.05) is 41.6 Å². The predicted molar refractivity (Wildman–Crippen MR) is 160 cm³/mol. The summed E-state index contributed by atoms with van der Waals surface area (Å²) in [6.45, 7) is 9.24. The number of allylic oxidation sites excluding steroid dienone is 10. The van der Waals surface area contributed by atoms with E-state index in [1.807, 2.05) is 0 Å². The summed E-state index contributed by atoms with van der Waals surface area (Å²) in [5, 5.41) is 2.64. The molecule has 0 atom stereocenters. The third kappa shape index (κ3) is 4.21. The minimum atomic E-state index is -0.0534. The molecule has 0 fully saturated rings. The standard InChI is InChI=1S/C35H37N2/c1-34(2)28-20-16-17-21-29(28)36(5)31(34)22-12-10-8-7-9-11-13-23-32-35(3,4)33-27-19-15-14-18-26(27)24-25-30(33)37(32)6/h7-25H,1-6H3/q+1. The van der Waals surface area contributed by atoms with Gasteiger partial charge in [-0.15, -0.1) is 0 Å². The Labute approximate surface area is 222 Å². The van der Waals surface area contributed by atoms with Crippen molar-refractivity contribution in [2.24, 2.45) is 0 Å². The highest BCUT2D eigenvalue weighted by molar-refractivity contribution is 6.03. The van der Waals surface area contributed by atoms with Crippen molar-refractivity contribution in [2.75, 3.05) is 19.0 Å². The molecule has 0 bridgehead atoms. The van der Waals surface area contributed by atoms with E-state index in [9.17, 15) is 0 Å². The number of likely N-dealkylation sites (N-methyl/N-ethyl adjacent to an activating group) is 1. The van der Waals surface area contributed by atoms with Crippen LogP contribution < -0.4 is 4.90 Å². The zero-order valence-corrected chi connectivity index (χ0v) is 22.9. The summed E-state index contributed by atoms with van der Waals surface area (Å²) in [4.78, 5) is 2.33. The number of hydrogen-bond acceptors (Lipinski definition) is 1. The van der Waals surface area contributed by atoms with E-state index in [0.29, 0.717) is 0 Å². The van der Waals surface area contributed by atoms with E-state index < -0.39 is 0 Å². The van der Waals surface area contributed by atoms with Gasteiger partial charge in [0.15, 0.2) is 5.71 Å². The first kappa shape index (κ1) is 24.8. The summed E-state index contributed by atoms with van der Waals surface area (Å²) in [5.74, 6) is 0. The van der Waals surface area contributed by atoms with Crippen molar-refractivity contribution in [2.45, 2.75) is 38.5 Å². The van der Waals surface area contributed by atoms with Gasteiger partial charge in [-0.1, -0.05) is 105 Å².